The number of amides is 7. The van der Waals surface area contributed by atoms with Gasteiger partial charge in [-0.1, -0.05) is 81.2 Å². The predicted octanol–water partition coefficient (Wildman–Crippen LogP) is 3.97. The van der Waals surface area contributed by atoms with E-state index in [-0.39, 0.29) is 249 Å². The molecule has 0 saturated carbocycles. The van der Waals surface area contributed by atoms with Crippen LogP contribution in [-0.2, 0) is 108 Å². The lowest BCUT2D eigenvalue weighted by Crippen LogP contribution is -2.50. The molecule has 3 aromatic heterocycles. The van der Waals surface area contributed by atoms with Gasteiger partial charge in [0.2, 0.25) is 41.4 Å². The van der Waals surface area contributed by atoms with E-state index in [2.05, 4.69) is 96.0 Å². The molecule has 145 heavy (non-hydrogen) atoms. The lowest BCUT2D eigenvalue weighted by molar-refractivity contribution is -0.257. The van der Waals surface area contributed by atoms with Gasteiger partial charge in [-0.15, -0.1) is 0 Å². The molecule has 3 aliphatic heterocycles. The van der Waals surface area contributed by atoms with E-state index in [4.69, 9.17) is 61.8 Å². The first kappa shape index (κ1) is 122. The van der Waals surface area contributed by atoms with Crippen LogP contribution in [-0.4, -0.2) is 361 Å². The number of nitrogens with zero attached hydrogens (tertiary/aromatic N) is 5. The molecule has 1 unspecified atom stereocenters. The Hall–Kier alpha value is -8.65. The normalized spacial score (nSPS) is 19.9. The average molecular weight is 2050 g/mol. The van der Waals surface area contributed by atoms with Crippen LogP contribution in [0.3, 0.4) is 0 Å². The van der Waals surface area contributed by atoms with Gasteiger partial charge in [-0.2, -0.15) is 5.10 Å². The fourth-order valence-corrected chi connectivity index (χ4v) is 16.8. The Morgan fingerprint density at radius 1 is 0.421 bits per heavy atom. The number of carbonyl (C=O) groups excluding carboxylic acids is 8. The van der Waals surface area contributed by atoms with Gasteiger partial charge < -0.3 is 150 Å². The van der Waals surface area contributed by atoms with E-state index in [1.807, 2.05) is 35.3 Å². The second kappa shape index (κ2) is 71.1. The van der Waals surface area contributed by atoms with Gasteiger partial charge in [-0.3, -0.25) is 48.0 Å². The van der Waals surface area contributed by atoms with Gasteiger partial charge >= 0.3 is 0 Å². The van der Waals surface area contributed by atoms with Gasteiger partial charge in [0.15, 0.2) is 18.9 Å². The molecule has 42 nitrogen and oxygen atoms in total. The van der Waals surface area contributed by atoms with Gasteiger partial charge in [0, 0.05) is 185 Å². The number of aromatic nitrogens is 5. The Morgan fingerprint density at radius 3 is 1.26 bits per heavy atom. The van der Waals surface area contributed by atoms with Crippen molar-refractivity contribution in [2.75, 3.05) is 165 Å². The van der Waals surface area contributed by atoms with Crippen molar-refractivity contribution in [1.29, 1.82) is 0 Å². The molecule has 2 aromatic carbocycles. The number of unbranched alkanes of at least 4 members (excludes halogenated alkanes) is 12. The molecule has 0 aliphatic carbocycles. The third kappa shape index (κ3) is 48.2. The Morgan fingerprint density at radius 2 is 0.814 bits per heavy atom. The van der Waals surface area contributed by atoms with E-state index < -0.39 is 105 Å². The number of fused-ring (bicyclic) bond motifs is 1. The number of ketones is 1. The van der Waals surface area contributed by atoms with Crippen molar-refractivity contribution in [2.45, 2.75) is 306 Å². The van der Waals surface area contributed by atoms with Crippen molar-refractivity contribution in [2.24, 2.45) is 5.41 Å². The number of carbonyl (C=O) groups is 8. The third-order valence-corrected chi connectivity index (χ3v) is 25.4. The average Bonchev–Trinajstić information content (AvgIpc) is 1.62. The first-order chi connectivity index (χ1) is 70.3. The van der Waals surface area contributed by atoms with Gasteiger partial charge in [0.1, 0.15) is 54.3 Å². The number of imidazole rings is 1. The molecule has 816 valence electrons. The summed E-state index contributed by atoms with van der Waals surface area (Å²) in [6, 6.07) is 16.2. The SMILES string of the molecule is Cc1ccc(C)c(Cn2c(C(O)c3ccncc3)nc3ccc(-c4cnn(CCOCCCCCCCCCCCCNC(=O)CCOCCOCCC(=O)CC(COCCC(=O)NCCCNC(=O)CCCCO[C@H]5C[C@@H](O)[C@@H](O)[C@@H](CO)O5)(COCCC(=O)NCCCNC(=O)CCCCO[C@H]5C[C@@H](O)[C@@H](O)[C@@H](CO)O5)COCCC(=O)NCCCNC(=O)CCCCO[C@H]5C[C@@H](O)[C@@H](O)[C@@H](CO)O5)c4)cc32)c1. The van der Waals surface area contributed by atoms with Crippen LogP contribution in [0.1, 0.15) is 233 Å². The van der Waals surface area contributed by atoms with Crippen molar-refractivity contribution >= 4 is 58.2 Å². The fourth-order valence-electron chi connectivity index (χ4n) is 16.8. The standard InChI is InChI=1S/C103H164N12O30/c1-73-25-26-74(2)77(58-73)66-115-81-59-76(27-28-80(81)113-102(115)98(130)75-29-43-104-44-30-75)78-64-112-114(65-78)45-55-134-46-15-10-8-6-4-3-5-7-9-14-36-105-91(126)32-51-136-57-56-135-50-31-79(119)63-103(70-137-52-33-92(127)109-40-19-37-106-88(123)22-11-16-47-140-95-60-82(120)99(131)85(67-116)143-95,71-138-53-34-93(128)110-41-20-38-107-89(124)23-12-17-48-141-96-61-83(121)100(132)86(68-117)144-96)72-139-54-35-94(129)111-42-21-39-108-90(125)24-13-18-49-142-97-62-84(122)101(133)87(69-118)145-97/h25-30,43-44,58-59,64-65,82-87,95-101,116-118,120-122,130-133H,3-24,31-42,45-57,60-63,66-72H2,1-2H3,(H,105,126)(H,106,123)(H,107,124)(H,108,125)(H,109,127)(H,110,128)(H,111,129)/t82-,83-,84-,85-,86-,87-,95-,96-,97-,98?,99-,100-,101-/m1/s1. The smallest absolute Gasteiger partial charge is 0.222 e. The molecule has 42 heteroatoms. The topological polar surface area (TPSA) is 582 Å². The molecular formula is C103H164N12O30. The molecule has 3 saturated heterocycles. The van der Waals surface area contributed by atoms with Gasteiger partial charge in [0.25, 0.3) is 0 Å². The van der Waals surface area contributed by atoms with Gasteiger partial charge in [-0.05, 0) is 131 Å². The first-order valence-corrected chi connectivity index (χ1v) is 52.1. The predicted molar refractivity (Wildman–Crippen MR) is 532 cm³/mol. The van der Waals surface area contributed by atoms with Crippen LogP contribution in [0.25, 0.3) is 22.2 Å². The van der Waals surface area contributed by atoms with Crippen molar-refractivity contribution in [3.63, 3.8) is 0 Å². The third-order valence-electron chi connectivity index (χ3n) is 25.4. The molecule has 6 heterocycles. The fraction of sp³-hybridized carbons (Fsp3) is 0.718. The van der Waals surface area contributed by atoms with Crippen LogP contribution in [0.2, 0.25) is 0 Å². The van der Waals surface area contributed by atoms with E-state index in [1.165, 1.54) is 30.4 Å². The Bertz CT molecular complexity index is 4280. The number of nitrogens with one attached hydrogen (secondary N) is 7. The minimum Gasteiger partial charge on any atom is -0.394 e. The quantitative estimate of drug-likeness (QED) is 0.0245. The van der Waals surface area contributed by atoms with Crippen molar-refractivity contribution in [1.82, 2.24) is 61.5 Å². The summed E-state index contributed by atoms with van der Waals surface area (Å²) in [5.74, 6) is -1.42. The molecule has 7 amide bonds. The number of ether oxygens (including phenoxy) is 12. The zero-order valence-corrected chi connectivity index (χ0v) is 84.8. The first-order valence-electron chi connectivity index (χ1n) is 52.1. The van der Waals surface area contributed by atoms with Crippen LogP contribution in [0.5, 0.6) is 0 Å². The number of aliphatic hydroxyl groups excluding tert-OH is 10. The minimum absolute atomic E-state index is 0.0187. The molecule has 13 atom stereocenters. The van der Waals surface area contributed by atoms with Gasteiger partial charge in [-0.25, -0.2) is 4.98 Å². The number of aliphatic hydroxyl groups is 10. The second-order valence-corrected chi connectivity index (χ2v) is 37.6. The second-order valence-electron chi connectivity index (χ2n) is 37.6. The van der Waals surface area contributed by atoms with Crippen LogP contribution < -0.4 is 37.2 Å². The maximum absolute atomic E-state index is 14.1. The molecule has 3 aliphatic rings. The number of pyridine rings is 1. The largest absolute Gasteiger partial charge is 0.394 e. The van der Waals surface area contributed by atoms with E-state index in [9.17, 15) is 89.4 Å². The molecule has 3 fully saturated rings. The summed E-state index contributed by atoms with van der Waals surface area (Å²) in [7, 11) is 0. The van der Waals surface area contributed by atoms with Crippen LogP contribution >= 0.6 is 0 Å². The molecular weight excluding hydrogens is 1890 g/mol. The lowest BCUT2D eigenvalue weighted by Gasteiger charge is -2.36. The van der Waals surface area contributed by atoms with Crippen molar-refractivity contribution in [3.8, 4) is 11.1 Å². The number of benzene rings is 2. The highest BCUT2D eigenvalue weighted by Gasteiger charge is 2.41. The molecule has 0 radical (unpaired) electrons. The highest BCUT2D eigenvalue weighted by Crippen LogP contribution is 2.33. The minimum atomic E-state index is -1.23. The van der Waals surface area contributed by atoms with Crippen LogP contribution in [0.15, 0.2) is 73.3 Å². The summed E-state index contributed by atoms with van der Waals surface area (Å²) in [5.41, 5.74) is 6.70. The monoisotopic (exact) mass is 2050 g/mol. The molecule has 5 aromatic rings. The summed E-state index contributed by atoms with van der Waals surface area (Å²) in [6.07, 6.45) is 9.81. The lowest BCUT2D eigenvalue weighted by atomic mass is 9.84. The van der Waals surface area contributed by atoms with Crippen LogP contribution in [0, 0.1) is 19.3 Å². The van der Waals surface area contributed by atoms with E-state index in [0.29, 0.717) is 96.5 Å². The summed E-state index contributed by atoms with van der Waals surface area (Å²) in [4.78, 5) is 113. The van der Waals surface area contributed by atoms with Gasteiger partial charge in [0.05, 0.1) is 135 Å². The molecule has 0 bridgehead atoms. The zero-order valence-electron chi connectivity index (χ0n) is 84.8. The number of rotatable bonds is 80. The molecule has 17 N–H and O–H groups in total. The Kier molecular flexibility index (Phi) is 59.6. The maximum Gasteiger partial charge on any atom is 0.222 e. The number of hydrogen-bond acceptors (Lipinski definition) is 33. The number of hydrogen-bond donors (Lipinski definition) is 17. The molecule has 8 rings (SSSR count). The summed E-state index contributed by atoms with van der Waals surface area (Å²) in [6.45, 7) is 7.80. The number of Topliss-reactive ketones (excluding diaryl/α,β-unsaturated/α-hetero) is 1. The Labute approximate surface area is 850 Å². The highest BCUT2D eigenvalue weighted by atomic mass is 16.7. The van der Waals surface area contributed by atoms with Crippen LogP contribution in [0.4, 0.5) is 0 Å². The zero-order chi connectivity index (χ0) is 104. The van der Waals surface area contributed by atoms with E-state index in [0.717, 1.165) is 78.2 Å². The number of aryl methyl sites for hydroxylation is 2. The highest BCUT2D eigenvalue weighted by molar-refractivity contribution is 5.83. The van der Waals surface area contributed by atoms with Crippen molar-refractivity contribution < 1.29 is 146 Å². The maximum atomic E-state index is 14.1. The van der Waals surface area contributed by atoms with E-state index in [1.54, 1.807) is 12.4 Å². The van der Waals surface area contributed by atoms with Crippen molar-refractivity contribution in [3.05, 3.63) is 101 Å². The van der Waals surface area contributed by atoms with E-state index >= 15 is 0 Å². The molecule has 0 spiro atoms. The Balaban J connectivity index is 0.707. The summed E-state index contributed by atoms with van der Waals surface area (Å²) in [5, 5.41) is 125. The summed E-state index contributed by atoms with van der Waals surface area (Å²) < 4.78 is 73.5. The summed E-state index contributed by atoms with van der Waals surface area (Å²) >= 11 is 0.